The van der Waals surface area contributed by atoms with Gasteiger partial charge in [-0.3, -0.25) is 0 Å². The van der Waals surface area contributed by atoms with Crippen molar-refractivity contribution in [2.24, 2.45) is 0 Å². The van der Waals surface area contributed by atoms with Gasteiger partial charge in [0.25, 0.3) is 0 Å². The number of rotatable bonds is 2. The first-order valence-corrected chi connectivity index (χ1v) is 5.61. The summed E-state index contributed by atoms with van der Waals surface area (Å²) in [5, 5.41) is 9.66. The smallest absolute Gasteiger partial charge is 0.410 e. The van der Waals surface area contributed by atoms with E-state index in [1.165, 1.54) is 4.90 Å². The van der Waals surface area contributed by atoms with Crippen LogP contribution in [0.15, 0.2) is 0 Å². The van der Waals surface area contributed by atoms with Crippen LogP contribution in [-0.2, 0) is 9.47 Å². The molecule has 0 bridgehead atoms. The molecule has 94 valence electrons. The first-order chi connectivity index (χ1) is 7.33. The predicted octanol–water partition coefficient (Wildman–Crippen LogP) is 1.00. The molecule has 0 aliphatic carbocycles. The first kappa shape index (κ1) is 13.3. The molecular formula is C11H21NO4. The Morgan fingerprint density at radius 1 is 1.44 bits per heavy atom. The van der Waals surface area contributed by atoms with Crippen molar-refractivity contribution >= 4 is 6.09 Å². The number of nitrogens with zero attached hydrogens (tertiary/aromatic N) is 1. The van der Waals surface area contributed by atoms with Crippen molar-refractivity contribution in [1.29, 1.82) is 0 Å². The SMILES string of the molecule is CCOC1CN(C(=O)OC(C)(C)C)CC1O. The quantitative estimate of drug-likeness (QED) is 0.770. The van der Waals surface area contributed by atoms with Crippen molar-refractivity contribution in [1.82, 2.24) is 4.90 Å². The number of amides is 1. The highest BCUT2D eigenvalue weighted by Crippen LogP contribution is 2.17. The van der Waals surface area contributed by atoms with Crippen LogP contribution in [-0.4, -0.2) is 53.6 Å². The largest absolute Gasteiger partial charge is 0.444 e. The molecule has 1 N–H and O–H groups in total. The van der Waals surface area contributed by atoms with Crippen LogP contribution >= 0.6 is 0 Å². The Labute approximate surface area is 96.3 Å². The number of hydrogen-bond acceptors (Lipinski definition) is 4. The van der Waals surface area contributed by atoms with Gasteiger partial charge in [-0.25, -0.2) is 4.79 Å². The number of likely N-dealkylation sites (tertiary alicyclic amines) is 1. The van der Waals surface area contributed by atoms with Gasteiger partial charge in [0.15, 0.2) is 0 Å². The monoisotopic (exact) mass is 231 g/mol. The van der Waals surface area contributed by atoms with E-state index in [0.29, 0.717) is 13.2 Å². The fraction of sp³-hybridized carbons (Fsp3) is 0.909. The van der Waals surface area contributed by atoms with E-state index in [9.17, 15) is 9.90 Å². The maximum absolute atomic E-state index is 11.7. The van der Waals surface area contributed by atoms with Gasteiger partial charge in [0.1, 0.15) is 11.7 Å². The van der Waals surface area contributed by atoms with Gasteiger partial charge in [0.2, 0.25) is 0 Å². The van der Waals surface area contributed by atoms with E-state index in [4.69, 9.17) is 9.47 Å². The van der Waals surface area contributed by atoms with E-state index in [0.717, 1.165) is 0 Å². The summed E-state index contributed by atoms with van der Waals surface area (Å²) in [4.78, 5) is 13.2. The van der Waals surface area contributed by atoms with E-state index in [2.05, 4.69) is 0 Å². The Morgan fingerprint density at radius 3 is 2.56 bits per heavy atom. The molecule has 16 heavy (non-hydrogen) atoms. The molecule has 0 aromatic carbocycles. The second-order valence-corrected chi connectivity index (χ2v) is 4.95. The lowest BCUT2D eigenvalue weighted by atomic mass is 10.2. The summed E-state index contributed by atoms with van der Waals surface area (Å²) in [6.07, 6.45) is -1.31. The highest BCUT2D eigenvalue weighted by molar-refractivity contribution is 5.68. The van der Waals surface area contributed by atoms with E-state index in [1.54, 1.807) is 0 Å². The lowest BCUT2D eigenvalue weighted by Gasteiger charge is -2.24. The standard InChI is InChI=1S/C11H21NO4/c1-5-15-9-7-12(6-8(9)13)10(14)16-11(2,3)4/h8-9,13H,5-7H2,1-4H3. The molecule has 0 spiro atoms. The molecule has 1 aliphatic rings. The van der Waals surface area contributed by atoms with Crippen LogP contribution in [0.4, 0.5) is 4.79 Å². The Bertz CT molecular complexity index is 249. The zero-order valence-electron chi connectivity index (χ0n) is 10.4. The lowest BCUT2D eigenvalue weighted by Crippen LogP contribution is -2.36. The summed E-state index contributed by atoms with van der Waals surface area (Å²) in [5.74, 6) is 0. The van der Waals surface area contributed by atoms with Crippen molar-refractivity contribution in [2.75, 3.05) is 19.7 Å². The van der Waals surface area contributed by atoms with E-state index in [-0.39, 0.29) is 12.6 Å². The number of hydrogen-bond donors (Lipinski definition) is 1. The van der Waals surface area contributed by atoms with E-state index < -0.39 is 17.8 Å². The van der Waals surface area contributed by atoms with Gasteiger partial charge >= 0.3 is 6.09 Å². The molecule has 1 saturated heterocycles. The van der Waals surface area contributed by atoms with Gasteiger partial charge in [0, 0.05) is 6.61 Å². The molecule has 1 fully saturated rings. The predicted molar refractivity (Wildman–Crippen MR) is 59.2 cm³/mol. The number of carbonyl (C=O) groups is 1. The average molecular weight is 231 g/mol. The van der Waals surface area contributed by atoms with Gasteiger partial charge in [-0.15, -0.1) is 0 Å². The molecule has 1 amide bonds. The van der Waals surface area contributed by atoms with Crippen LogP contribution in [0.2, 0.25) is 0 Å². The second-order valence-electron chi connectivity index (χ2n) is 4.95. The van der Waals surface area contributed by atoms with Crippen LogP contribution < -0.4 is 0 Å². The van der Waals surface area contributed by atoms with Crippen LogP contribution in [0, 0.1) is 0 Å². The van der Waals surface area contributed by atoms with Crippen LogP contribution in [0.3, 0.4) is 0 Å². The maximum atomic E-state index is 11.7. The highest BCUT2D eigenvalue weighted by atomic mass is 16.6. The molecule has 1 heterocycles. The minimum absolute atomic E-state index is 0.277. The summed E-state index contributed by atoms with van der Waals surface area (Å²) < 4.78 is 10.5. The van der Waals surface area contributed by atoms with Gasteiger partial charge in [-0.2, -0.15) is 0 Å². The number of β-amino-alcohol motifs (C(OH)–C–C–N with tert-alkyl or cyclic N) is 1. The summed E-state index contributed by atoms with van der Waals surface area (Å²) >= 11 is 0. The van der Waals surface area contributed by atoms with Crippen molar-refractivity contribution in [2.45, 2.75) is 45.5 Å². The summed E-state index contributed by atoms with van der Waals surface area (Å²) in [6.45, 7) is 8.52. The highest BCUT2D eigenvalue weighted by Gasteiger charge is 2.36. The van der Waals surface area contributed by atoms with Crippen LogP contribution in [0.5, 0.6) is 0 Å². The third-order valence-corrected chi connectivity index (χ3v) is 2.27. The zero-order chi connectivity index (χ0) is 12.3. The second kappa shape index (κ2) is 5.01. The molecular weight excluding hydrogens is 210 g/mol. The molecule has 0 aromatic heterocycles. The molecule has 5 nitrogen and oxygen atoms in total. The summed E-state index contributed by atoms with van der Waals surface area (Å²) in [6, 6.07) is 0. The molecule has 0 saturated carbocycles. The molecule has 1 aliphatic heterocycles. The maximum Gasteiger partial charge on any atom is 0.410 e. The van der Waals surface area contributed by atoms with Crippen LogP contribution in [0.1, 0.15) is 27.7 Å². The van der Waals surface area contributed by atoms with Crippen LogP contribution in [0.25, 0.3) is 0 Å². The Balaban J connectivity index is 2.48. The first-order valence-electron chi connectivity index (χ1n) is 5.61. The minimum atomic E-state index is -0.618. The van der Waals surface area contributed by atoms with Gasteiger partial charge in [-0.1, -0.05) is 0 Å². The Morgan fingerprint density at radius 2 is 2.06 bits per heavy atom. The van der Waals surface area contributed by atoms with Gasteiger partial charge < -0.3 is 19.5 Å². The van der Waals surface area contributed by atoms with Crippen molar-refractivity contribution in [3.05, 3.63) is 0 Å². The molecule has 2 atom stereocenters. The molecule has 2 unspecified atom stereocenters. The topological polar surface area (TPSA) is 59.0 Å². The zero-order valence-corrected chi connectivity index (χ0v) is 10.4. The Kier molecular flexibility index (Phi) is 4.15. The fourth-order valence-corrected chi connectivity index (χ4v) is 1.61. The van der Waals surface area contributed by atoms with Crippen molar-refractivity contribution < 1.29 is 19.4 Å². The van der Waals surface area contributed by atoms with Gasteiger partial charge in [-0.05, 0) is 27.7 Å². The lowest BCUT2D eigenvalue weighted by molar-refractivity contribution is -0.00301. The number of ether oxygens (including phenoxy) is 2. The molecule has 0 radical (unpaired) electrons. The van der Waals surface area contributed by atoms with E-state index in [1.807, 2.05) is 27.7 Å². The summed E-state index contributed by atoms with van der Waals surface area (Å²) in [5.41, 5.74) is -0.508. The molecule has 1 rings (SSSR count). The van der Waals surface area contributed by atoms with Crippen molar-refractivity contribution in [3.8, 4) is 0 Å². The average Bonchev–Trinajstić information content (AvgIpc) is 2.46. The summed E-state index contributed by atoms with van der Waals surface area (Å²) in [7, 11) is 0. The normalized spacial score (nSPS) is 25.9. The minimum Gasteiger partial charge on any atom is -0.444 e. The molecule has 5 heteroatoms. The Hall–Kier alpha value is -0.810. The van der Waals surface area contributed by atoms with Gasteiger partial charge in [0.05, 0.1) is 19.2 Å². The fourth-order valence-electron chi connectivity index (χ4n) is 1.61. The third-order valence-electron chi connectivity index (χ3n) is 2.27. The third kappa shape index (κ3) is 3.64. The number of aliphatic hydroxyl groups is 1. The number of carbonyl (C=O) groups excluding carboxylic acids is 1. The number of aliphatic hydroxyl groups excluding tert-OH is 1. The molecule has 0 aromatic rings. The van der Waals surface area contributed by atoms with Crippen molar-refractivity contribution in [3.63, 3.8) is 0 Å². The van der Waals surface area contributed by atoms with E-state index >= 15 is 0 Å².